The molecule has 1 radical (unpaired) electrons. The van der Waals surface area contributed by atoms with Crippen molar-refractivity contribution in [3.63, 3.8) is 0 Å². The average molecular weight is 414 g/mol. The Balaban J connectivity index is 0. The molecule has 0 amide bonds. The second-order valence-electron chi connectivity index (χ2n) is 0. The van der Waals surface area contributed by atoms with Crippen LogP contribution in [0.3, 0.4) is 0 Å². The third-order valence-corrected chi connectivity index (χ3v) is 0. The maximum atomic E-state index is 0. The van der Waals surface area contributed by atoms with E-state index in [2.05, 4.69) is 0 Å². The zero-order valence-electron chi connectivity index (χ0n) is 1.73. The van der Waals surface area contributed by atoms with Crippen LogP contribution in [0.5, 0.6) is 0 Å². The maximum absolute atomic E-state index is 0. The molecular weight excluding hydrogens is 414 g/mol. The summed E-state index contributed by atoms with van der Waals surface area (Å²) in [5.74, 6) is 0. The molecule has 0 aliphatic heterocycles. The fraction of sp³-hybridized carbons (Fsp3) is 0. The summed E-state index contributed by atoms with van der Waals surface area (Å²) in [6.07, 6.45) is 0. The van der Waals surface area contributed by atoms with Crippen molar-refractivity contribution in [3.8, 4) is 0 Å². The van der Waals surface area contributed by atoms with Crippen molar-refractivity contribution >= 4 is 0 Å². The van der Waals surface area contributed by atoms with Crippen LogP contribution in [0.2, 0.25) is 0 Å². The van der Waals surface area contributed by atoms with E-state index < -0.39 is 0 Å². The molecule has 0 saturated heterocycles. The van der Waals surface area contributed by atoms with E-state index >= 15 is 0 Å². The van der Waals surface area contributed by atoms with Crippen LogP contribution in [0.25, 0.3) is 0 Å². The van der Waals surface area contributed by atoms with Gasteiger partial charge in [-0.25, -0.2) is 0 Å². The molecule has 17 valence electrons. The fourth-order valence-corrected chi connectivity index (χ4v) is 0. The van der Waals surface area contributed by atoms with Gasteiger partial charge in [0.1, 0.15) is 0 Å². The molecule has 0 N–H and O–H groups in total. The van der Waals surface area contributed by atoms with Gasteiger partial charge < -0.3 is 5.48 Å². The molecule has 0 atom stereocenters. The van der Waals surface area contributed by atoms with Crippen LogP contribution in [0.4, 0.5) is 0 Å². The average Bonchev–Trinajstić information content (AvgIpc) is 0. The summed E-state index contributed by atoms with van der Waals surface area (Å²) in [5.41, 5.74) is 0. The van der Waals surface area contributed by atoms with Crippen molar-refractivity contribution in [1.29, 1.82) is 0 Å². The summed E-state index contributed by atoms with van der Waals surface area (Å²) in [6.45, 7) is 0. The molecule has 4 heavy (non-hydrogen) atoms. The summed E-state index contributed by atoms with van der Waals surface area (Å²) in [5, 5.41) is 0. The first kappa shape index (κ1) is 25.3. The number of rotatable bonds is 0. The first-order valence-electron chi connectivity index (χ1n) is 0. The first-order chi connectivity index (χ1) is 0. The van der Waals surface area contributed by atoms with Gasteiger partial charge in [-0.05, 0) is 0 Å². The van der Waals surface area contributed by atoms with E-state index in [1.165, 1.54) is 0 Å². The van der Waals surface area contributed by atoms with Gasteiger partial charge in [0.15, 0.2) is 0 Å². The monoisotopic (exact) mass is 416 g/mol. The van der Waals surface area contributed by atoms with Crippen LogP contribution in [-0.4, -0.2) is 0 Å². The molecule has 0 rings (SSSR count). The number of hydrogen-bond donors (Lipinski definition) is 0. The van der Waals surface area contributed by atoms with E-state index in [9.17, 15) is 0 Å². The van der Waals surface area contributed by atoms with Crippen LogP contribution in [0, 0.1) is 79.0 Å². The largest absolute Gasteiger partial charge is 3.00 e. The van der Waals surface area contributed by atoms with Crippen molar-refractivity contribution in [1.82, 2.24) is 0 Å². The van der Waals surface area contributed by atoms with Crippen molar-refractivity contribution in [2.24, 2.45) is 0 Å². The fourth-order valence-electron chi connectivity index (χ4n) is 0. The van der Waals surface area contributed by atoms with Gasteiger partial charge >= 0.3 is 112 Å². The zero-order valence-corrected chi connectivity index (χ0v) is 9.32. The Kier molecular flexibility index (Phi) is 101. The molecule has 0 heterocycles. The summed E-state index contributed by atoms with van der Waals surface area (Å²) >= 11 is 0. The summed E-state index contributed by atoms with van der Waals surface area (Å²) in [7, 11) is 0. The summed E-state index contributed by atoms with van der Waals surface area (Å²) in [6, 6.07) is 0. The quantitative estimate of drug-likeness (QED) is 0.529. The Labute approximate surface area is 114 Å². The molecular formula is OSmTbY+7. The van der Waals surface area contributed by atoms with Crippen LogP contribution in [0.1, 0.15) is 0 Å². The van der Waals surface area contributed by atoms with Gasteiger partial charge in [0.25, 0.3) is 0 Å². The molecule has 0 fully saturated rings. The predicted octanol–water partition coefficient (Wildman–Crippen LogP) is -0.121. The Morgan fingerprint density at radius 1 is 1.00 bits per heavy atom. The molecule has 0 bridgehead atoms. The second kappa shape index (κ2) is 15.9. The van der Waals surface area contributed by atoms with Crippen molar-refractivity contribution in [2.75, 3.05) is 0 Å². The SMILES string of the molecule is [O-2].[Sm+3].[Tb+3].[Y+3]. The van der Waals surface area contributed by atoms with E-state index in [0.717, 1.165) is 0 Å². The van der Waals surface area contributed by atoms with Gasteiger partial charge in [-0.3, -0.25) is 0 Å². The minimum absolute atomic E-state index is 0. The maximum Gasteiger partial charge on any atom is 3.00 e. The van der Waals surface area contributed by atoms with Gasteiger partial charge in [0.05, 0.1) is 0 Å². The Bertz CT molecular complexity index is 8.00. The Morgan fingerprint density at radius 2 is 1.00 bits per heavy atom. The molecule has 1 nitrogen and oxygen atoms in total. The van der Waals surface area contributed by atoms with Gasteiger partial charge in [-0.2, -0.15) is 0 Å². The molecule has 0 aromatic heterocycles. The van der Waals surface area contributed by atoms with Crippen LogP contribution < -0.4 is 0 Å². The van der Waals surface area contributed by atoms with Gasteiger partial charge in [0.2, 0.25) is 0 Å². The minimum Gasteiger partial charge on any atom is -2.00 e. The second-order valence-corrected chi connectivity index (χ2v) is 0. The standard InChI is InChI=1S/O.Sm.Tb.Y/q-2;3*+3. The topological polar surface area (TPSA) is 28.5 Å². The van der Waals surface area contributed by atoms with E-state index in [4.69, 9.17) is 0 Å². The normalized spacial score (nSPS) is 0. The first-order valence-corrected chi connectivity index (χ1v) is 0. The molecule has 4 heteroatoms. The molecule has 0 aliphatic rings. The van der Waals surface area contributed by atoms with Gasteiger partial charge in [0, 0.05) is 0 Å². The number of hydrogen-bond acceptors (Lipinski definition) is 0. The van der Waals surface area contributed by atoms with E-state index in [1.54, 1.807) is 0 Å². The minimum atomic E-state index is 0. The van der Waals surface area contributed by atoms with Gasteiger partial charge in [-0.1, -0.05) is 0 Å². The van der Waals surface area contributed by atoms with E-state index in [-0.39, 0.29) is 117 Å². The Morgan fingerprint density at radius 3 is 1.00 bits per heavy atom. The third kappa shape index (κ3) is 9.19. The Hall–Kier alpha value is 3.69. The summed E-state index contributed by atoms with van der Waals surface area (Å²) < 4.78 is 0. The van der Waals surface area contributed by atoms with Crippen molar-refractivity contribution in [2.45, 2.75) is 0 Å². The smallest absolute Gasteiger partial charge is 2.00 e. The summed E-state index contributed by atoms with van der Waals surface area (Å²) in [4.78, 5) is 0. The van der Waals surface area contributed by atoms with Crippen molar-refractivity contribution < 1.29 is 117 Å². The molecule has 0 saturated carbocycles. The molecule has 0 aromatic rings. The molecule has 0 spiro atoms. The molecule has 0 aliphatic carbocycles. The predicted molar refractivity (Wildman–Crippen MR) is 0.686 cm³/mol. The van der Waals surface area contributed by atoms with E-state index in [0.29, 0.717) is 0 Å². The van der Waals surface area contributed by atoms with Gasteiger partial charge in [-0.15, -0.1) is 0 Å². The molecule has 0 aromatic carbocycles. The zero-order chi connectivity index (χ0) is 0. The third-order valence-electron chi connectivity index (χ3n) is 0. The van der Waals surface area contributed by atoms with E-state index in [1.807, 2.05) is 0 Å². The molecule has 0 unspecified atom stereocenters. The van der Waals surface area contributed by atoms with Crippen LogP contribution in [0.15, 0.2) is 0 Å². The van der Waals surface area contributed by atoms with Crippen LogP contribution in [-0.2, 0) is 38.2 Å². The van der Waals surface area contributed by atoms with Crippen molar-refractivity contribution in [3.05, 3.63) is 0 Å². The van der Waals surface area contributed by atoms with Crippen LogP contribution >= 0.6 is 0 Å².